The Hall–Kier alpha value is -0.930. The highest BCUT2D eigenvalue weighted by Crippen LogP contribution is 2.27. The molecule has 0 radical (unpaired) electrons. The van der Waals surface area contributed by atoms with Crippen molar-refractivity contribution in [2.45, 2.75) is 39.0 Å². The quantitative estimate of drug-likeness (QED) is 0.540. The standard InChI is InChI=1S/C7H12N2O2/c1-5-4-7(3,9-8-5)11-6(2)10/h5H,4H2,1-3H3. The van der Waals surface area contributed by atoms with Gasteiger partial charge in [0.25, 0.3) is 0 Å². The first-order valence-corrected chi connectivity index (χ1v) is 3.63. The Balaban J connectivity index is 2.56. The lowest BCUT2D eigenvalue weighted by Gasteiger charge is -2.18. The molecule has 0 spiro atoms. The van der Waals surface area contributed by atoms with E-state index in [1.165, 1.54) is 6.92 Å². The maximum absolute atomic E-state index is 10.6. The fraction of sp³-hybridized carbons (Fsp3) is 0.857. The third-order valence-corrected chi connectivity index (χ3v) is 1.50. The molecule has 1 rings (SSSR count). The molecule has 2 unspecified atom stereocenters. The Labute approximate surface area is 65.6 Å². The minimum atomic E-state index is -0.703. The van der Waals surface area contributed by atoms with Crippen LogP contribution in [0.15, 0.2) is 10.2 Å². The number of hydrogen-bond acceptors (Lipinski definition) is 4. The van der Waals surface area contributed by atoms with Crippen LogP contribution in [0.4, 0.5) is 0 Å². The molecule has 0 aliphatic carbocycles. The van der Waals surface area contributed by atoms with Gasteiger partial charge in [-0.1, -0.05) is 0 Å². The van der Waals surface area contributed by atoms with Gasteiger partial charge in [-0.2, -0.15) is 5.11 Å². The highest BCUT2D eigenvalue weighted by molar-refractivity contribution is 5.66. The summed E-state index contributed by atoms with van der Waals surface area (Å²) < 4.78 is 4.97. The number of nitrogens with zero attached hydrogens (tertiary/aromatic N) is 2. The topological polar surface area (TPSA) is 51.0 Å². The number of esters is 1. The zero-order valence-electron chi connectivity index (χ0n) is 7.00. The van der Waals surface area contributed by atoms with Crippen LogP contribution in [0.2, 0.25) is 0 Å². The predicted octanol–water partition coefficient (Wildman–Crippen LogP) is 1.51. The number of carbonyl (C=O) groups is 1. The maximum Gasteiger partial charge on any atom is 0.304 e. The molecule has 0 bridgehead atoms. The van der Waals surface area contributed by atoms with Gasteiger partial charge in [-0.25, -0.2) is 0 Å². The summed E-state index contributed by atoms with van der Waals surface area (Å²) in [5, 5.41) is 7.76. The fourth-order valence-electron chi connectivity index (χ4n) is 1.22. The molecule has 0 aromatic heterocycles. The second-order valence-electron chi connectivity index (χ2n) is 3.04. The van der Waals surface area contributed by atoms with E-state index >= 15 is 0 Å². The largest absolute Gasteiger partial charge is 0.436 e. The molecule has 4 nitrogen and oxygen atoms in total. The van der Waals surface area contributed by atoms with E-state index in [1.807, 2.05) is 6.92 Å². The van der Waals surface area contributed by atoms with E-state index in [1.54, 1.807) is 6.92 Å². The first kappa shape index (κ1) is 8.17. The summed E-state index contributed by atoms with van der Waals surface area (Å²) in [6, 6.07) is 0.166. The molecule has 0 aromatic rings. The molecular weight excluding hydrogens is 144 g/mol. The second-order valence-corrected chi connectivity index (χ2v) is 3.04. The molecule has 11 heavy (non-hydrogen) atoms. The third-order valence-electron chi connectivity index (χ3n) is 1.50. The molecular formula is C7H12N2O2. The van der Waals surface area contributed by atoms with Gasteiger partial charge in [-0.05, 0) is 13.8 Å². The summed E-state index contributed by atoms with van der Waals surface area (Å²) in [5.74, 6) is -0.305. The van der Waals surface area contributed by atoms with E-state index in [0.717, 1.165) is 0 Å². The number of ether oxygens (including phenoxy) is 1. The Morgan fingerprint density at radius 3 is 2.73 bits per heavy atom. The van der Waals surface area contributed by atoms with Crippen molar-refractivity contribution in [1.29, 1.82) is 0 Å². The van der Waals surface area contributed by atoms with E-state index < -0.39 is 5.72 Å². The van der Waals surface area contributed by atoms with Crippen molar-refractivity contribution in [3.05, 3.63) is 0 Å². The van der Waals surface area contributed by atoms with Crippen molar-refractivity contribution in [3.8, 4) is 0 Å². The third kappa shape index (κ3) is 2.00. The molecule has 1 heterocycles. The highest BCUT2D eigenvalue weighted by Gasteiger charge is 2.34. The molecule has 0 N–H and O–H groups in total. The van der Waals surface area contributed by atoms with Crippen LogP contribution in [-0.4, -0.2) is 17.7 Å². The minimum Gasteiger partial charge on any atom is -0.436 e. The minimum absolute atomic E-state index is 0.166. The van der Waals surface area contributed by atoms with Gasteiger partial charge < -0.3 is 4.74 Å². The first-order valence-electron chi connectivity index (χ1n) is 3.63. The molecule has 0 saturated carbocycles. The van der Waals surface area contributed by atoms with Crippen LogP contribution in [-0.2, 0) is 9.53 Å². The number of carbonyl (C=O) groups excluding carboxylic acids is 1. The summed E-state index contributed by atoms with van der Waals surface area (Å²) >= 11 is 0. The lowest BCUT2D eigenvalue weighted by molar-refractivity contribution is -0.154. The smallest absolute Gasteiger partial charge is 0.304 e. The van der Waals surface area contributed by atoms with Gasteiger partial charge in [0.05, 0.1) is 6.04 Å². The van der Waals surface area contributed by atoms with Crippen molar-refractivity contribution in [3.63, 3.8) is 0 Å². The summed E-state index contributed by atoms with van der Waals surface area (Å²) in [6.45, 7) is 5.09. The summed E-state index contributed by atoms with van der Waals surface area (Å²) in [7, 11) is 0. The molecule has 1 aliphatic heterocycles. The van der Waals surface area contributed by atoms with Gasteiger partial charge in [0, 0.05) is 13.3 Å². The van der Waals surface area contributed by atoms with Crippen LogP contribution < -0.4 is 0 Å². The Kier molecular flexibility index (Phi) is 1.93. The average Bonchev–Trinajstić information content (AvgIpc) is 2.08. The van der Waals surface area contributed by atoms with E-state index in [9.17, 15) is 4.79 Å². The summed E-state index contributed by atoms with van der Waals surface area (Å²) in [6.07, 6.45) is 0.687. The molecule has 62 valence electrons. The molecule has 0 saturated heterocycles. The van der Waals surface area contributed by atoms with E-state index in [4.69, 9.17) is 4.74 Å². The Morgan fingerprint density at radius 2 is 2.36 bits per heavy atom. The van der Waals surface area contributed by atoms with Gasteiger partial charge in [0.1, 0.15) is 0 Å². The van der Waals surface area contributed by atoms with Gasteiger partial charge in [0.2, 0.25) is 5.72 Å². The van der Waals surface area contributed by atoms with Gasteiger partial charge in [-0.15, -0.1) is 5.11 Å². The predicted molar refractivity (Wildman–Crippen MR) is 39.1 cm³/mol. The van der Waals surface area contributed by atoms with E-state index in [-0.39, 0.29) is 12.0 Å². The monoisotopic (exact) mass is 156 g/mol. The zero-order valence-corrected chi connectivity index (χ0v) is 7.00. The van der Waals surface area contributed by atoms with E-state index in [0.29, 0.717) is 6.42 Å². The van der Waals surface area contributed by atoms with Gasteiger partial charge in [0.15, 0.2) is 0 Å². The van der Waals surface area contributed by atoms with E-state index in [2.05, 4.69) is 10.2 Å². The van der Waals surface area contributed by atoms with Crippen LogP contribution in [0.3, 0.4) is 0 Å². The first-order chi connectivity index (χ1) is 5.02. The number of rotatable bonds is 1. The average molecular weight is 156 g/mol. The molecule has 0 amide bonds. The second kappa shape index (κ2) is 2.60. The van der Waals surface area contributed by atoms with Crippen molar-refractivity contribution >= 4 is 5.97 Å². The van der Waals surface area contributed by atoms with Crippen LogP contribution in [0.25, 0.3) is 0 Å². The van der Waals surface area contributed by atoms with Crippen LogP contribution in [0.1, 0.15) is 27.2 Å². The van der Waals surface area contributed by atoms with Crippen LogP contribution in [0, 0.1) is 0 Å². The summed E-state index contributed by atoms with van der Waals surface area (Å²) in [4.78, 5) is 10.6. The molecule has 0 fully saturated rings. The molecule has 0 aromatic carbocycles. The Morgan fingerprint density at radius 1 is 1.73 bits per heavy atom. The van der Waals surface area contributed by atoms with Crippen molar-refractivity contribution < 1.29 is 9.53 Å². The fourth-order valence-corrected chi connectivity index (χ4v) is 1.22. The Bertz CT molecular complexity index is 203. The van der Waals surface area contributed by atoms with Crippen LogP contribution >= 0.6 is 0 Å². The van der Waals surface area contributed by atoms with Gasteiger partial charge in [-0.3, -0.25) is 4.79 Å². The molecule has 4 heteroatoms. The van der Waals surface area contributed by atoms with Gasteiger partial charge >= 0.3 is 5.97 Å². The summed E-state index contributed by atoms with van der Waals surface area (Å²) in [5.41, 5.74) is -0.703. The normalized spacial score (nSPS) is 35.7. The van der Waals surface area contributed by atoms with Crippen molar-refractivity contribution in [1.82, 2.24) is 0 Å². The maximum atomic E-state index is 10.6. The van der Waals surface area contributed by atoms with Crippen molar-refractivity contribution in [2.24, 2.45) is 10.2 Å². The lowest BCUT2D eigenvalue weighted by Crippen LogP contribution is -2.27. The number of hydrogen-bond donors (Lipinski definition) is 0. The highest BCUT2D eigenvalue weighted by atomic mass is 16.6. The van der Waals surface area contributed by atoms with Crippen molar-refractivity contribution in [2.75, 3.05) is 0 Å². The molecule has 2 atom stereocenters. The number of azo groups is 1. The molecule has 1 aliphatic rings. The van der Waals surface area contributed by atoms with Crippen LogP contribution in [0.5, 0.6) is 0 Å². The SMILES string of the molecule is CC(=O)OC1(C)CC(C)N=N1. The zero-order chi connectivity index (χ0) is 8.48. The lowest BCUT2D eigenvalue weighted by atomic mass is 10.1.